The normalized spacial score (nSPS) is 31.9. The van der Waals surface area contributed by atoms with Crippen molar-refractivity contribution >= 4 is 104 Å². The molecule has 0 unspecified atom stereocenters. The Hall–Kier alpha value is -1.50. The van der Waals surface area contributed by atoms with E-state index < -0.39 is 216 Å². The molecule has 3 rings (SSSR count). The lowest BCUT2D eigenvalue weighted by molar-refractivity contribution is -0.296. The zero-order chi connectivity index (χ0) is 56.5. The van der Waals surface area contributed by atoms with Gasteiger partial charge in [-0.2, -0.15) is 84.2 Å². The maximum Gasteiger partial charge on any atom is 0.397 e. The van der Waals surface area contributed by atoms with Crippen LogP contribution in [-0.2, 0) is 170 Å². The summed E-state index contributed by atoms with van der Waals surface area (Å²) in [4.78, 5) is 0. The lowest BCUT2D eigenvalue weighted by Crippen LogP contribution is -2.63. The first-order valence-corrected chi connectivity index (χ1v) is 30.7. The van der Waals surface area contributed by atoms with E-state index in [1.165, 1.54) is 0 Å². The number of ether oxygens (including phenoxy) is 5. The van der Waals surface area contributed by atoms with Gasteiger partial charge < -0.3 is 23.7 Å². The van der Waals surface area contributed by atoms with Gasteiger partial charge in [0.05, 0.1) is 26.4 Å². The molecular weight excluding hydrogens is 1260 g/mol. The first-order chi connectivity index (χ1) is 32.4. The highest BCUT2D eigenvalue weighted by molar-refractivity contribution is 7.83. The molecule has 3 aliphatic rings. The summed E-state index contributed by atoms with van der Waals surface area (Å²) in [6, 6.07) is 0. The second kappa shape index (κ2) is 23.8. The Labute approximate surface area is 409 Å². The van der Waals surface area contributed by atoms with Gasteiger partial charge in [0.1, 0.15) is 61.0 Å². The Morgan fingerprint density at radius 2 is 0.438 bits per heavy atom. The van der Waals surface area contributed by atoms with Crippen molar-refractivity contribution in [3.05, 3.63) is 0 Å². The summed E-state index contributed by atoms with van der Waals surface area (Å²) < 4.78 is 396. The van der Waals surface area contributed by atoms with Crippen LogP contribution >= 0.6 is 0 Å². The molecule has 3 heterocycles. The Balaban J connectivity index is 2.22. The molecule has 0 aromatic heterocycles. The molecule has 14 atom stereocenters. The van der Waals surface area contributed by atoms with Crippen LogP contribution in [0.4, 0.5) is 0 Å². The van der Waals surface area contributed by atoms with E-state index in [0.29, 0.717) is 0 Å². The highest BCUT2D eigenvalue weighted by atomic mass is 32.3. The van der Waals surface area contributed by atoms with Gasteiger partial charge in [-0.15, -0.1) is 0 Å². The van der Waals surface area contributed by atoms with Crippen LogP contribution < -0.4 is 0 Å². The summed E-state index contributed by atoms with van der Waals surface area (Å²) in [5.74, 6) is 0. The first kappa shape index (κ1) is 65.8. The van der Waals surface area contributed by atoms with Crippen LogP contribution in [0.1, 0.15) is 0 Å². The summed E-state index contributed by atoms with van der Waals surface area (Å²) in [7, 11) is -60.1. The van der Waals surface area contributed by atoms with Crippen LogP contribution in [0, 0.1) is 0 Å². The maximum absolute atomic E-state index is 12.0. The molecule has 3 fully saturated rings. The molecule has 0 aromatic carbocycles. The predicted molar refractivity (Wildman–Crippen MR) is 204 cm³/mol. The van der Waals surface area contributed by atoms with Crippen LogP contribution in [0.15, 0.2) is 0 Å². The second-order valence-electron chi connectivity index (χ2n) is 13.3. The molecule has 45 nitrogen and oxygen atoms in total. The topological polar surface area (TPSA) is 682 Å². The molecule has 434 valence electrons. The summed E-state index contributed by atoms with van der Waals surface area (Å²) >= 11 is 0. The minimum atomic E-state index is -6.14. The number of hydrogen-bond acceptors (Lipinski definition) is 35. The van der Waals surface area contributed by atoms with Crippen LogP contribution in [0.25, 0.3) is 0 Å². The fourth-order valence-corrected chi connectivity index (χ4v) is 10.7. The fourth-order valence-electron chi connectivity index (χ4n) is 6.06. The van der Waals surface area contributed by atoms with Gasteiger partial charge in [-0.25, -0.2) is 41.8 Å². The number of rotatable bonds is 28. The maximum atomic E-state index is 12.0. The summed E-state index contributed by atoms with van der Waals surface area (Å²) in [5, 5.41) is 0. The first-order valence-electron chi connectivity index (χ1n) is 17.1. The zero-order valence-corrected chi connectivity index (χ0v) is 41.9. The SMILES string of the molecule is O=S(=O)(O)OC[C@@H]1O[C@H](OC[C@@H]2O[C@@H](CO[C@H]3O[C@H](COS(=O)(=O)O)[C@@H](OS(=O)(=O)O)[C@H](OS(=O)(=O)O)[C@@H]3OS(=O)(=O)O)[C@H](OS(=O)(=O)O)[C@@H]2OS(=O)(=O)O)[C@H](OS(=O)(=O)O)[C@@H](OS(=O)(=O)O)[C@H]1OS(=O)(=O)O. The van der Waals surface area contributed by atoms with E-state index in [2.05, 4.69) is 41.8 Å². The third kappa shape index (κ3) is 24.4. The van der Waals surface area contributed by atoms with E-state index in [-0.39, 0.29) is 0 Å². The van der Waals surface area contributed by atoms with Gasteiger partial charge >= 0.3 is 104 Å². The fraction of sp³-hybridized carbons (Fsp3) is 1.00. The molecule has 0 aromatic rings. The highest BCUT2D eigenvalue weighted by Gasteiger charge is 2.58. The van der Waals surface area contributed by atoms with Gasteiger partial charge in [0, 0.05) is 0 Å². The molecule has 55 heteroatoms. The monoisotopic (exact) mass is 1290 g/mol. The molecule has 73 heavy (non-hydrogen) atoms. The average Bonchev–Trinajstić information content (AvgIpc) is 3.40. The van der Waals surface area contributed by atoms with Crippen molar-refractivity contribution in [1.82, 2.24) is 0 Å². The smallest absolute Gasteiger partial charge is 0.364 e. The standard InChI is InChI=1S/C18H32O45S10/c19-64(20,21)51-3-7-11(58-68(31,32)33)13(60-70(37,38)39)15(62-72(43,44)45)17(54-7)49-1-5-9(56-66(25,26)27)10(57-67(28,29)30)6(53-5)2-50-18-16(63-73(46,47)48)14(61-71(40,41)42)12(59-69(34,35)36)8(55-18)4-52-65(22,23)24/h5-18H,1-4H2,(H,19,20,21)(H,22,23,24)(H,25,26,27)(H,28,29,30)(H,31,32,33)(H,34,35,36)(H,37,38,39)(H,40,41,42)(H,43,44,45)(H,46,47,48)/t5-,6-,7-,8+,9+,10-,11-,12+,13-,14-,15+,16-,17-,18-/m0/s1. The Kier molecular flexibility index (Phi) is 21.5. The Bertz CT molecular complexity index is 2880. The third-order valence-electron chi connectivity index (χ3n) is 8.06. The van der Waals surface area contributed by atoms with Crippen molar-refractivity contribution in [2.24, 2.45) is 0 Å². The predicted octanol–water partition coefficient (Wildman–Crippen LogP) is -8.62. The summed E-state index contributed by atoms with van der Waals surface area (Å²) in [5.41, 5.74) is 0. The summed E-state index contributed by atoms with van der Waals surface area (Å²) in [6.45, 7) is -7.33. The Morgan fingerprint density at radius 3 is 0.658 bits per heavy atom. The zero-order valence-electron chi connectivity index (χ0n) is 33.8. The van der Waals surface area contributed by atoms with Crippen LogP contribution in [-0.4, -0.2) is 242 Å². The van der Waals surface area contributed by atoms with Gasteiger partial charge in [0.2, 0.25) is 0 Å². The van der Waals surface area contributed by atoms with Crippen molar-refractivity contribution in [3.63, 3.8) is 0 Å². The highest BCUT2D eigenvalue weighted by Crippen LogP contribution is 2.37. The largest absolute Gasteiger partial charge is 0.397 e. The lowest BCUT2D eigenvalue weighted by Gasteiger charge is -2.43. The van der Waals surface area contributed by atoms with E-state index in [9.17, 15) is 121 Å². The molecular formula is C18H32O45S10. The van der Waals surface area contributed by atoms with Gasteiger partial charge in [-0.3, -0.25) is 45.5 Å². The minimum absolute atomic E-state index is 1.80. The van der Waals surface area contributed by atoms with Crippen molar-refractivity contribution < 1.29 is 195 Å². The molecule has 0 aliphatic carbocycles. The van der Waals surface area contributed by atoms with E-state index >= 15 is 0 Å². The molecule has 10 N–H and O–H groups in total. The van der Waals surface area contributed by atoms with Crippen molar-refractivity contribution in [2.75, 3.05) is 26.4 Å². The third-order valence-corrected chi connectivity index (χ3v) is 12.7. The molecule has 3 saturated heterocycles. The van der Waals surface area contributed by atoms with E-state index in [4.69, 9.17) is 32.8 Å². The molecule has 0 radical (unpaired) electrons. The molecule has 0 spiro atoms. The molecule has 0 amide bonds. The van der Waals surface area contributed by atoms with E-state index in [1.807, 2.05) is 0 Å². The average molecular weight is 1290 g/mol. The van der Waals surface area contributed by atoms with E-state index in [0.717, 1.165) is 0 Å². The summed E-state index contributed by atoms with van der Waals surface area (Å²) in [6.07, 6.45) is -42.1. The van der Waals surface area contributed by atoms with Crippen molar-refractivity contribution in [1.29, 1.82) is 0 Å². The van der Waals surface area contributed by atoms with E-state index in [1.54, 1.807) is 0 Å². The van der Waals surface area contributed by atoms with Crippen LogP contribution in [0.3, 0.4) is 0 Å². The van der Waals surface area contributed by atoms with Gasteiger partial charge in [0.15, 0.2) is 24.8 Å². The van der Waals surface area contributed by atoms with Gasteiger partial charge in [-0.05, 0) is 0 Å². The molecule has 3 aliphatic heterocycles. The quantitative estimate of drug-likeness (QED) is 0.0325. The van der Waals surface area contributed by atoms with Crippen LogP contribution in [0.5, 0.6) is 0 Å². The van der Waals surface area contributed by atoms with Crippen molar-refractivity contribution in [2.45, 2.75) is 85.8 Å². The van der Waals surface area contributed by atoms with Crippen molar-refractivity contribution in [3.8, 4) is 0 Å². The second-order valence-corrected chi connectivity index (χ2v) is 23.9. The van der Waals surface area contributed by atoms with Gasteiger partial charge in [0.25, 0.3) is 0 Å². The molecule has 0 bridgehead atoms. The lowest BCUT2D eigenvalue weighted by atomic mass is 9.99. The minimum Gasteiger partial charge on any atom is -0.364 e. The van der Waals surface area contributed by atoms with Crippen LogP contribution in [0.2, 0.25) is 0 Å². The van der Waals surface area contributed by atoms with Gasteiger partial charge in [-0.1, -0.05) is 0 Å². The Morgan fingerprint density at radius 1 is 0.247 bits per heavy atom. The number of hydrogen-bond donors (Lipinski definition) is 10. The molecule has 0 saturated carbocycles.